The highest BCUT2D eigenvalue weighted by Crippen LogP contribution is 2.21. The lowest BCUT2D eigenvalue weighted by molar-refractivity contribution is -0.115. The van der Waals surface area contributed by atoms with Gasteiger partial charge in [0.2, 0.25) is 5.91 Å². The second-order valence-electron chi connectivity index (χ2n) is 5.76. The molecule has 0 spiro atoms. The van der Waals surface area contributed by atoms with E-state index in [1.54, 1.807) is 49.6 Å². The fourth-order valence-electron chi connectivity index (χ4n) is 2.49. The lowest BCUT2D eigenvalue weighted by atomic mass is 10.1. The van der Waals surface area contributed by atoms with Crippen LogP contribution in [0.4, 0.5) is 21.5 Å². The van der Waals surface area contributed by atoms with Crippen molar-refractivity contribution >= 4 is 23.0 Å². The molecule has 0 saturated carbocycles. The predicted molar refractivity (Wildman–Crippen MR) is 101 cm³/mol. The van der Waals surface area contributed by atoms with Crippen LogP contribution in [0, 0.1) is 5.82 Å². The first-order valence-electron chi connectivity index (χ1n) is 8.18. The maximum Gasteiger partial charge on any atom is 0.228 e. The Hall–Kier alpha value is -3.34. The number of carbonyl (C=O) groups is 1. The summed E-state index contributed by atoms with van der Waals surface area (Å²) in [7, 11) is 1.60. The maximum atomic E-state index is 13.7. The van der Waals surface area contributed by atoms with Gasteiger partial charge in [-0.1, -0.05) is 24.3 Å². The Balaban J connectivity index is 1.58. The first kappa shape index (κ1) is 17.5. The number of amides is 1. The molecule has 0 aliphatic heterocycles. The van der Waals surface area contributed by atoms with E-state index in [0.717, 1.165) is 17.0 Å². The normalized spacial score (nSPS) is 10.2. The van der Waals surface area contributed by atoms with Crippen molar-refractivity contribution in [2.24, 2.45) is 0 Å². The van der Waals surface area contributed by atoms with Crippen LogP contribution in [0.3, 0.4) is 0 Å². The van der Waals surface area contributed by atoms with E-state index in [0.29, 0.717) is 11.4 Å². The summed E-state index contributed by atoms with van der Waals surface area (Å²) in [6.07, 6.45) is 0.277. The number of nitrogens with one attached hydrogen (secondary N) is 2. The average Bonchev–Trinajstić information content (AvgIpc) is 2.66. The van der Waals surface area contributed by atoms with Crippen molar-refractivity contribution in [2.45, 2.75) is 6.42 Å². The van der Waals surface area contributed by atoms with E-state index in [2.05, 4.69) is 10.6 Å². The van der Waals surface area contributed by atoms with Crippen molar-refractivity contribution in [2.75, 3.05) is 17.7 Å². The van der Waals surface area contributed by atoms with Gasteiger partial charge in [0.05, 0.1) is 19.2 Å². The van der Waals surface area contributed by atoms with Crippen LogP contribution in [0.2, 0.25) is 0 Å². The van der Waals surface area contributed by atoms with Crippen LogP contribution in [-0.4, -0.2) is 13.0 Å². The molecule has 4 nitrogen and oxygen atoms in total. The van der Waals surface area contributed by atoms with E-state index in [1.807, 2.05) is 24.3 Å². The molecule has 0 aliphatic rings. The van der Waals surface area contributed by atoms with Gasteiger partial charge >= 0.3 is 0 Å². The SMILES string of the molecule is COc1ccc(CC(=O)Nc2ccc(Nc3ccccc3F)cc2)cc1. The molecule has 0 unspecified atom stereocenters. The molecular weight excluding hydrogens is 331 g/mol. The monoisotopic (exact) mass is 350 g/mol. The number of rotatable bonds is 6. The average molecular weight is 350 g/mol. The second-order valence-corrected chi connectivity index (χ2v) is 5.76. The van der Waals surface area contributed by atoms with E-state index in [9.17, 15) is 9.18 Å². The molecule has 0 radical (unpaired) electrons. The molecule has 5 heteroatoms. The van der Waals surface area contributed by atoms with Crippen molar-refractivity contribution in [3.8, 4) is 5.75 Å². The van der Waals surface area contributed by atoms with Gasteiger partial charge < -0.3 is 15.4 Å². The number of carbonyl (C=O) groups excluding carboxylic acids is 1. The molecule has 0 aliphatic carbocycles. The van der Waals surface area contributed by atoms with Crippen LogP contribution in [0.1, 0.15) is 5.56 Å². The highest BCUT2D eigenvalue weighted by molar-refractivity contribution is 5.92. The zero-order valence-electron chi connectivity index (χ0n) is 14.3. The van der Waals surface area contributed by atoms with Gasteiger partial charge in [0.25, 0.3) is 0 Å². The third-order valence-corrected chi connectivity index (χ3v) is 3.85. The van der Waals surface area contributed by atoms with Crippen molar-refractivity contribution < 1.29 is 13.9 Å². The molecule has 0 bridgehead atoms. The molecule has 1 amide bonds. The van der Waals surface area contributed by atoms with E-state index in [-0.39, 0.29) is 18.1 Å². The summed E-state index contributed by atoms with van der Waals surface area (Å²) in [4.78, 5) is 12.1. The quantitative estimate of drug-likeness (QED) is 0.674. The van der Waals surface area contributed by atoms with E-state index < -0.39 is 0 Å². The lowest BCUT2D eigenvalue weighted by Gasteiger charge is -2.09. The van der Waals surface area contributed by atoms with Gasteiger partial charge in [0.15, 0.2) is 0 Å². The minimum absolute atomic E-state index is 0.107. The molecular formula is C21H19FN2O2. The molecule has 3 rings (SSSR count). The topological polar surface area (TPSA) is 50.4 Å². The number of halogens is 1. The summed E-state index contributed by atoms with van der Waals surface area (Å²) >= 11 is 0. The molecule has 0 atom stereocenters. The number of methoxy groups -OCH3 is 1. The number of hydrogen-bond donors (Lipinski definition) is 2. The van der Waals surface area contributed by atoms with E-state index in [1.165, 1.54) is 6.07 Å². The van der Waals surface area contributed by atoms with Crippen LogP contribution in [-0.2, 0) is 11.2 Å². The zero-order chi connectivity index (χ0) is 18.4. The second kappa shape index (κ2) is 8.16. The molecule has 0 fully saturated rings. The molecule has 26 heavy (non-hydrogen) atoms. The molecule has 0 aromatic heterocycles. The summed E-state index contributed by atoms with van der Waals surface area (Å²) in [5.41, 5.74) is 2.73. The number of benzene rings is 3. The third kappa shape index (κ3) is 4.60. The Kier molecular flexibility index (Phi) is 5.49. The van der Waals surface area contributed by atoms with E-state index in [4.69, 9.17) is 4.74 Å². The number of hydrogen-bond acceptors (Lipinski definition) is 3. The van der Waals surface area contributed by atoms with Gasteiger partial charge in [-0.05, 0) is 54.1 Å². The fourth-order valence-corrected chi connectivity index (χ4v) is 2.49. The van der Waals surface area contributed by atoms with Gasteiger partial charge in [0, 0.05) is 11.4 Å². The first-order valence-corrected chi connectivity index (χ1v) is 8.18. The summed E-state index contributed by atoms with van der Waals surface area (Å²) in [5.74, 6) is 0.335. The van der Waals surface area contributed by atoms with Crippen LogP contribution in [0.15, 0.2) is 72.8 Å². The summed E-state index contributed by atoms with van der Waals surface area (Å²) in [6.45, 7) is 0. The smallest absolute Gasteiger partial charge is 0.228 e. The van der Waals surface area contributed by atoms with Crippen molar-refractivity contribution in [3.63, 3.8) is 0 Å². The zero-order valence-corrected chi connectivity index (χ0v) is 14.3. The van der Waals surface area contributed by atoms with Crippen LogP contribution in [0.25, 0.3) is 0 Å². The van der Waals surface area contributed by atoms with Crippen LogP contribution >= 0.6 is 0 Å². The molecule has 0 saturated heterocycles. The van der Waals surface area contributed by atoms with Gasteiger partial charge in [-0.3, -0.25) is 4.79 Å². The fraction of sp³-hybridized carbons (Fsp3) is 0.0952. The maximum absolute atomic E-state index is 13.7. The van der Waals surface area contributed by atoms with Crippen molar-refractivity contribution in [1.29, 1.82) is 0 Å². The largest absolute Gasteiger partial charge is 0.497 e. The number of ether oxygens (including phenoxy) is 1. The highest BCUT2D eigenvalue weighted by Gasteiger charge is 2.05. The Morgan fingerprint density at radius 1 is 0.923 bits per heavy atom. The first-order chi connectivity index (χ1) is 12.6. The number of anilines is 3. The standard InChI is InChI=1S/C21H19FN2O2/c1-26-18-12-6-15(7-13-18)14-21(25)24-17-10-8-16(9-11-17)23-20-5-3-2-4-19(20)22/h2-13,23H,14H2,1H3,(H,24,25). The minimum atomic E-state index is -0.315. The summed E-state index contributed by atoms with van der Waals surface area (Å²) in [6, 6.07) is 21.0. The third-order valence-electron chi connectivity index (χ3n) is 3.85. The molecule has 0 heterocycles. The van der Waals surface area contributed by atoms with Crippen LogP contribution in [0.5, 0.6) is 5.75 Å². The van der Waals surface area contributed by atoms with Gasteiger partial charge in [-0.2, -0.15) is 0 Å². The molecule has 3 aromatic rings. The Labute approximate surface area is 151 Å². The minimum Gasteiger partial charge on any atom is -0.497 e. The van der Waals surface area contributed by atoms with E-state index >= 15 is 0 Å². The van der Waals surface area contributed by atoms with Crippen LogP contribution < -0.4 is 15.4 Å². The predicted octanol–water partition coefficient (Wildman–Crippen LogP) is 4.76. The molecule has 2 N–H and O–H groups in total. The van der Waals surface area contributed by atoms with Gasteiger partial charge in [0.1, 0.15) is 11.6 Å². The molecule has 3 aromatic carbocycles. The van der Waals surface area contributed by atoms with Gasteiger partial charge in [-0.25, -0.2) is 4.39 Å². The lowest BCUT2D eigenvalue weighted by Crippen LogP contribution is -2.14. The Morgan fingerprint density at radius 3 is 2.23 bits per heavy atom. The highest BCUT2D eigenvalue weighted by atomic mass is 19.1. The summed E-state index contributed by atoms with van der Waals surface area (Å²) in [5, 5.41) is 5.85. The Bertz CT molecular complexity index is 877. The van der Waals surface area contributed by atoms with Gasteiger partial charge in [-0.15, -0.1) is 0 Å². The summed E-state index contributed by atoms with van der Waals surface area (Å²) < 4.78 is 18.8. The Morgan fingerprint density at radius 2 is 1.58 bits per heavy atom. The number of para-hydroxylation sites is 1. The molecule has 132 valence electrons. The van der Waals surface area contributed by atoms with Crippen molar-refractivity contribution in [3.05, 3.63) is 84.2 Å². The van der Waals surface area contributed by atoms with Crippen molar-refractivity contribution in [1.82, 2.24) is 0 Å².